The number of carbonyl (C=O) groups is 2. The average molecular weight is 557 g/mol. The van der Waals surface area contributed by atoms with Crippen LogP contribution in [-0.4, -0.2) is 61.0 Å². The Kier molecular flexibility index (Phi) is 7.79. The highest BCUT2D eigenvalue weighted by molar-refractivity contribution is 7.99. The molecule has 2 amide bonds. The zero-order valence-electron chi connectivity index (χ0n) is 24.0. The summed E-state index contributed by atoms with van der Waals surface area (Å²) in [7, 11) is 1.64. The quantitative estimate of drug-likeness (QED) is 0.375. The fraction of sp³-hybridized carbons (Fsp3) is 0.556. The molecule has 0 spiro atoms. The maximum Gasteiger partial charge on any atom is 0.427 e. The number of amides is 2. The maximum absolute atomic E-state index is 13.3. The van der Waals surface area contributed by atoms with Gasteiger partial charge >= 0.3 is 12.2 Å². The summed E-state index contributed by atoms with van der Waals surface area (Å²) in [6, 6.07) is 0. The number of nitrogens with zero attached hydrogens (tertiary/aromatic N) is 6. The van der Waals surface area contributed by atoms with E-state index in [0.717, 1.165) is 57.1 Å². The number of carbonyl (C=O) groups excluding carboxylic acids is 2. The maximum atomic E-state index is 13.3. The molecule has 12 heteroatoms. The Labute approximate surface area is 232 Å². The third-order valence-electron chi connectivity index (χ3n) is 5.82. The number of rotatable bonds is 4. The van der Waals surface area contributed by atoms with Gasteiger partial charge in [0.25, 0.3) is 0 Å². The van der Waals surface area contributed by atoms with Crippen LogP contribution in [0.1, 0.15) is 70.5 Å². The van der Waals surface area contributed by atoms with Gasteiger partial charge in [0.2, 0.25) is 5.95 Å². The number of hydrogen-bond acceptors (Lipinski definition) is 10. The van der Waals surface area contributed by atoms with Crippen molar-refractivity contribution in [3.05, 3.63) is 28.7 Å². The molecule has 0 aliphatic carbocycles. The van der Waals surface area contributed by atoms with Gasteiger partial charge in [0.1, 0.15) is 22.0 Å². The van der Waals surface area contributed by atoms with Gasteiger partial charge in [-0.1, -0.05) is 0 Å². The number of imide groups is 1. The first-order valence-electron chi connectivity index (χ1n) is 12.8. The fourth-order valence-electron chi connectivity index (χ4n) is 4.22. The van der Waals surface area contributed by atoms with E-state index in [1.165, 1.54) is 0 Å². The third kappa shape index (κ3) is 6.26. The predicted molar refractivity (Wildman–Crippen MR) is 149 cm³/mol. The number of thioether (sulfide) groups is 1. The second-order valence-corrected chi connectivity index (χ2v) is 12.5. The van der Waals surface area contributed by atoms with Crippen molar-refractivity contribution in [1.82, 2.24) is 24.7 Å². The molecule has 1 aliphatic heterocycles. The van der Waals surface area contributed by atoms with Crippen molar-refractivity contribution in [2.45, 2.75) is 91.0 Å². The molecule has 11 nitrogen and oxygen atoms in total. The van der Waals surface area contributed by atoms with Crippen molar-refractivity contribution < 1.29 is 23.8 Å². The molecule has 3 aromatic heterocycles. The SMILES string of the molecule is COc1c(C)cnc(Cn2nc3c4c(nc(N(C(=O)OC(C)(C)C)C(=O)OC(C)(C)C)nc42)SCCC3)c1C. The van der Waals surface area contributed by atoms with Crippen molar-refractivity contribution in [3.63, 3.8) is 0 Å². The monoisotopic (exact) mass is 556 g/mol. The van der Waals surface area contributed by atoms with E-state index in [9.17, 15) is 9.59 Å². The van der Waals surface area contributed by atoms with Gasteiger partial charge in [0, 0.05) is 17.3 Å². The number of ether oxygens (including phenoxy) is 3. The van der Waals surface area contributed by atoms with Crippen molar-refractivity contribution in [2.24, 2.45) is 0 Å². The van der Waals surface area contributed by atoms with Crippen LogP contribution in [-0.2, 0) is 22.4 Å². The van der Waals surface area contributed by atoms with Gasteiger partial charge < -0.3 is 14.2 Å². The second-order valence-electron chi connectivity index (χ2n) is 11.4. The van der Waals surface area contributed by atoms with Crippen LogP contribution in [0, 0.1) is 13.8 Å². The van der Waals surface area contributed by atoms with Gasteiger partial charge in [-0.05, 0) is 74.0 Å². The Morgan fingerprint density at radius 1 is 1.05 bits per heavy atom. The van der Waals surface area contributed by atoms with Gasteiger partial charge in [-0.25, -0.2) is 19.3 Å². The van der Waals surface area contributed by atoms with Gasteiger partial charge in [0.05, 0.1) is 30.4 Å². The van der Waals surface area contributed by atoms with Crippen LogP contribution in [0.15, 0.2) is 11.2 Å². The van der Waals surface area contributed by atoms with Crippen molar-refractivity contribution >= 4 is 40.9 Å². The summed E-state index contributed by atoms with van der Waals surface area (Å²) in [6.45, 7) is 14.5. The molecule has 0 saturated heterocycles. The molecule has 0 unspecified atom stereocenters. The molecule has 0 bridgehead atoms. The van der Waals surface area contributed by atoms with Crippen LogP contribution >= 0.6 is 11.8 Å². The molecule has 0 aromatic carbocycles. The van der Waals surface area contributed by atoms with Crippen LogP contribution in [0.2, 0.25) is 0 Å². The summed E-state index contributed by atoms with van der Waals surface area (Å²) in [6.07, 6.45) is 1.59. The summed E-state index contributed by atoms with van der Waals surface area (Å²) in [5.41, 5.74) is 2.27. The minimum absolute atomic E-state index is 0.130. The Morgan fingerprint density at radius 3 is 2.28 bits per heavy atom. The van der Waals surface area contributed by atoms with Crippen molar-refractivity contribution in [1.29, 1.82) is 0 Å². The minimum Gasteiger partial charge on any atom is -0.496 e. The van der Waals surface area contributed by atoms with E-state index < -0.39 is 23.4 Å². The van der Waals surface area contributed by atoms with E-state index in [-0.39, 0.29) is 5.95 Å². The van der Waals surface area contributed by atoms with Gasteiger partial charge in [0.15, 0.2) is 5.65 Å². The van der Waals surface area contributed by atoms with Crippen LogP contribution < -0.4 is 9.64 Å². The van der Waals surface area contributed by atoms with Crippen molar-refractivity contribution in [3.8, 4) is 5.75 Å². The van der Waals surface area contributed by atoms with E-state index in [2.05, 4.69) is 9.97 Å². The molecule has 0 saturated carbocycles. The molecule has 39 heavy (non-hydrogen) atoms. The fourth-order valence-corrected chi connectivity index (χ4v) is 5.21. The third-order valence-corrected chi connectivity index (χ3v) is 6.88. The average Bonchev–Trinajstić information content (AvgIpc) is 3.00. The number of pyridine rings is 1. The first-order chi connectivity index (χ1) is 18.2. The first kappa shape index (κ1) is 28.6. The highest BCUT2D eigenvalue weighted by atomic mass is 32.2. The number of aromatic nitrogens is 5. The van der Waals surface area contributed by atoms with Crippen LogP contribution in [0.5, 0.6) is 5.75 Å². The molecule has 1 aliphatic rings. The summed E-state index contributed by atoms with van der Waals surface area (Å²) < 4.78 is 18.4. The van der Waals surface area contributed by atoms with E-state index in [1.54, 1.807) is 71.3 Å². The largest absolute Gasteiger partial charge is 0.496 e. The smallest absolute Gasteiger partial charge is 0.427 e. The summed E-state index contributed by atoms with van der Waals surface area (Å²) in [4.78, 5) is 41.4. The lowest BCUT2D eigenvalue weighted by Gasteiger charge is -2.27. The number of hydrogen-bond donors (Lipinski definition) is 0. The Hall–Kier alpha value is -3.41. The molecular formula is C27H36N6O5S. The molecule has 210 valence electrons. The molecule has 4 rings (SSSR count). The van der Waals surface area contributed by atoms with Crippen LogP contribution in [0.3, 0.4) is 0 Å². The van der Waals surface area contributed by atoms with Gasteiger partial charge in [-0.15, -0.1) is 16.7 Å². The molecular weight excluding hydrogens is 520 g/mol. The van der Waals surface area contributed by atoms with Gasteiger partial charge in [-0.3, -0.25) is 4.98 Å². The first-order valence-corrected chi connectivity index (χ1v) is 13.8. The van der Waals surface area contributed by atoms with E-state index >= 15 is 0 Å². The normalized spacial score (nSPS) is 13.7. The lowest BCUT2D eigenvalue weighted by molar-refractivity contribution is 0.0427. The zero-order valence-corrected chi connectivity index (χ0v) is 24.9. The van der Waals surface area contributed by atoms with Gasteiger partial charge in [-0.2, -0.15) is 10.1 Å². The van der Waals surface area contributed by atoms with E-state index in [0.29, 0.717) is 17.2 Å². The molecule has 0 atom stereocenters. The summed E-state index contributed by atoms with van der Waals surface area (Å²) in [5.74, 6) is 1.45. The second kappa shape index (κ2) is 10.6. The number of aryl methyl sites for hydroxylation is 2. The summed E-state index contributed by atoms with van der Waals surface area (Å²) in [5, 5.41) is 6.33. The van der Waals surface area contributed by atoms with Crippen molar-refractivity contribution in [2.75, 3.05) is 17.8 Å². The predicted octanol–water partition coefficient (Wildman–Crippen LogP) is 5.61. The Balaban J connectivity index is 1.88. The number of methoxy groups -OCH3 is 1. The highest BCUT2D eigenvalue weighted by Crippen LogP contribution is 2.35. The molecule has 3 aromatic rings. The highest BCUT2D eigenvalue weighted by Gasteiger charge is 2.36. The Morgan fingerprint density at radius 2 is 1.69 bits per heavy atom. The zero-order chi connectivity index (χ0) is 28.7. The van der Waals surface area contributed by atoms with Crippen LogP contribution in [0.25, 0.3) is 11.0 Å². The number of anilines is 1. The topological polar surface area (TPSA) is 122 Å². The molecule has 0 radical (unpaired) electrons. The summed E-state index contributed by atoms with van der Waals surface area (Å²) >= 11 is 1.54. The lowest BCUT2D eigenvalue weighted by atomic mass is 10.1. The molecule has 4 heterocycles. The molecule has 0 N–H and O–H groups in total. The van der Waals surface area contributed by atoms with Crippen LogP contribution in [0.4, 0.5) is 15.5 Å². The van der Waals surface area contributed by atoms with E-state index in [4.69, 9.17) is 24.3 Å². The molecule has 0 fully saturated rings. The standard InChI is InChI=1S/C27H36N6O5S/c1-15-13-28-18(16(2)20(15)36-9)14-32-21-19-17(31-32)11-10-12-39-22(19)30-23(29-21)33(24(34)37-26(3,4)5)25(35)38-27(6,7)8/h13H,10-12,14H2,1-9H3. The minimum atomic E-state index is -0.922. The lowest BCUT2D eigenvalue weighted by Crippen LogP contribution is -2.44. The Bertz CT molecular complexity index is 1400. The van der Waals surface area contributed by atoms with E-state index in [1.807, 2.05) is 13.8 Å².